The highest BCUT2D eigenvalue weighted by Crippen LogP contribution is 2.35. The highest BCUT2D eigenvalue weighted by atomic mass is 35.5. The fraction of sp³-hybridized carbons (Fsp3) is 0.300. The van der Waals surface area contributed by atoms with Crippen LogP contribution >= 0.6 is 23.2 Å². The number of benzene rings is 1. The molecular weight excluding hydrogens is 237 g/mol. The first-order valence-corrected chi connectivity index (χ1v) is 5.11. The van der Waals surface area contributed by atoms with Crippen LogP contribution < -0.4 is 10.1 Å². The van der Waals surface area contributed by atoms with Crippen LogP contribution in [0.2, 0.25) is 5.02 Å². The van der Waals surface area contributed by atoms with Crippen LogP contribution in [0.4, 0.5) is 0 Å². The Morgan fingerprint density at radius 1 is 1.53 bits per heavy atom. The number of hydrogen-bond donors (Lipinski definition) is 1. The van der Waals surface area contributed by atoms with Crippen molar-refractivity contribution >= 4 is 29.1 Å². The first-order chi connectivity index (χ1) is 7.11. The molecule has 0 aliphatic carbocycles. The lowest BCUT2D eigenvalue weighted by atomic mass is 10.1. The molecule has 1 rings (SSSR count). The molecule has 0 radical (unpaired) electrons. The smallest absolute Gasteiger partial charge is 0.242 e. The molecule has 0 aromatic heterocycles. The predicted molar refractivity (Wildman–Crippen MR) is 60.7 cm³/mol. The lowest BCUT2D eigenvalue weighted by Crippen LogP contribution is -2.23. The van der Waals surface area contributed by atoms with Crippen LogP contribution in [0, 0.1) is 0 Å². The second kappa shape index (κ2) is 5.24. The number of amides is 1. The molecule has 0 fully saturated rings. The zero-order chi connectivity index (χ0) is 11.4. The number of carbonyl (C=O) groups excluding carboxylic acids is 1. The molecule has 0 aliphatic rings. The highest BCUT2D eigenvalue weighted by Gasteiger charge is 2.22. The van der Waals surface area contributed by atoms with Gasteiger partial charge >= 0.3 is 0 Å². The molecule has 1 aromatic rings. The zero-order valence-corrected chi connectivity index (χ0v) is 9.89. The molecule has 5 heteroatoms. The van der Waals surface area contributed by atoms with Crippen molar-refractivity contribution < 1.29 is 9.53 Å². The third kappa shape index (κ3) is 2.55. The van der Waals surface area contributed by atoms with Gasteiger partial charge in [0.25, 0.3) is 0 Å². The van der Waals surface area contributed by atoms with Crippen molar-refractivity contribution in [1.82, 2.24) is 5.32 Å². The van der Waals surface area contributed by atoms with E-state index in [2.05, 4.69) is 5.32 Å². The van der Waals surface area contributed by atoms with Gasteiger partial charge in [-0.05, 0) is 12.1 Å². The Balaban J connectivity index is 3.16. The number of carbonyl (C=O) groups is 1. The number of likely N-dealkylation sites (N-methyl/N-ethyl adjacent to an activating group) is 1. The molecule has 1 N–H and O–H groups in total. The minimum absolute atomic E-state index is 0.317. The lowest BCUT2D eigenvalue weighted by Gasteiger charge is -2.14. The van der Waals surface area contributed by atoms with Crippen LogP contribution in [-0.4, -0.2) is 20.1 Å². The summed E-state index contributed by atoms with van der Waals surface area (Å²) in [7, 11) is 3.02. The summed E-state index contributed by atoms with van der Waals surface area (Å²) in [6.45, 7) is 0. The third-order valence-corrected chi connectivity index (χ3v) is 2.71. The van der Waals surface area contributed by atoms with Gasteiger partial charge in [-0.3, -0.25) is 4.79 Å². The van der Waals surface area contributed by atoms with E-state index in [1.54, 1.807) is 18.2 Å². The minimum atomic E-state index is -0.848. The highest BCUT2D eigenvalue weighted by molar-refractivity contribution is 6.36. The van der Waals surface area contributed by atoms with E-state index in [0.717, 1.165) is 0 Å². The monoisotopic (exact) mass is 247 g/mol. The summed E-state index contributed by atoms with van der Waals surface area (Å²) in [5, 5.41) is 2.02. The average molecular weight is 248 g/mol. The molecule has 1 atom stereocenters. The summed E-state index contributed by atoms with van der Waals surface area (Å²) in [6.07, 6.45) is 0. The maximum Gasteiger partial charge on any atom is 0.242 e. The minimum Gasteiger partial charge on any atom is -0.496 e. The molecular formula is C10H11Cl2NO2. The van der Waals surface area contributed by atoms with Gasteiger partial charge in [-0.2, -0.15) is 0 Å². The van der Waals surface area contributed by atoms with Crippen LogP contribution in [0.3, 0.4) is 0 Å². The zero-order valence-electron chi connectivity index (χ0n) is 8.38. The van der Waals surface area contributed by atoms with E-state index >= 15 is 0 Å². The summed E-state index contributed by atoms with van der Waals surface area (Å²) in [6, 6.07) is 5.11. The molecule has 0 bridgehead atoms. The molecule has 1 aromatic carbocycles. The predicted octanol–water partition coefficient (Wildman–Crippen LogP) is 2.37. The Morgan fingerprint density at radius 2 is 2.20 bits per heavy atom. The van der Waals surface area contributed by atoms with Gasteiger partial charge in [0.05, 0.1) is 7.11 Å². The van der Waals surface area contributed by atoms with Crippen LogP contribution in [0.1, 0.15) is 10.9 Å². The first kappa shape index (κ1) is 12.1. The standard InChI is InChI=1S/C10H11Cl2NO2/c1-13-10(14)9(12)8-6(11)4-3-5-7(8)15-2/h3-5,9H,1-2H3,(H,13,14). The summed E-state index contributed by atoms with van der Waals surface area (Å²) in [5.41, 5.74) is 0.489. The molecule has 1 unspecified atom stereocenters. The normalized spacial score (nSPS) is 12.0. The average Bonchev–Trinajstić information content (AvgIpc) is 2.26. The summed E-state index contributed by atoms with van der Waals surface area (Å²) in [4.78, 5) is 11.4. The van der Waals surface area contributed by atoms with Gasteiger partial charge in [0, 0.05) is 17.6 Å². The van der Waals surface area contributed by atoms with Gasteiger partial charge in [-0.25, -0.2) is 0 Å². The maximum atomic E-state index is 11.4. The fourth-order valence-corrected chi connectivity index (χ4v) is 1.86. The Bertz CT molecular complexity index is 368. The number of halogens is 2. The number of rotatable bonds is 3. The Kier molecular flexibility index (Phi) is 4.24. The maximum absolute atomic E-state index is 11.4. The molecule has 15 heavy (non-hydrogen) atoms. The van der Waals surface area contributed by atoms with Crippen LogP contribution in [0.25, 0.3) is 0 Å². The van der Waals surface area contributed by atoms with Crippen molar-refractivity contribution in [1.29, 1.82) is 0 Å². The van der Waals surface area contributed by atoms with E-state index in [1.807, 2.05) is 0 Å². The van der Waals surface area contributed by atoms with Gasteiger partial charge in [-0.15, -0.1) is 11.6 Å². The van der Waals surface area contributed by atoms with Crippen LogP contribution in [0.15, 0.2) is 18.2 Å². The van der Waals surface area contributed by atoms with E-state index in [1.165, 1.54) is 14.2 Å². The van der Waals surface area contributed by atoms with Crippen molar-refractivity contribution in [2.45, 2.75) is 5.38 Å². The quantitative estimate of drug-likeness (QED) is 0.834. The molecule has 1 amide bonds. The largest absolute Gasteiger partial charge is 0.496 e. The van der Waals surface area contributed by atoms with E-state index < -0.39 is 5.38 Å². The number of methoxy groups -OCH3 is 1. The Labute approximate surface area is 98.3 Å². The van der Waals surface area contributed by atoms with Crippen molar-refractivity contribution in [2.24, 2.45) is 0 Å². The number of nitrogens with one attached hydrogen (secondary N) is 1. The fourth-order valence-electron chi connectivity index (χ4n) is 1.20. The summed E-state index contributed by atoms with van der Waals surface area (Å²) < 4.78 is 5.09. The van der Waals surface area contributed by atoms with Crippen LogP contribution in [0.5, 0.6) is 5.75 Å². The summed E-state index contributed by atoms with van der Waals surface area (Å²) >= 11 is 11.9. The van der Waals surface area contributed by atoms with Gasteiger partial charge < -0.3 is 10.1 Å². The molecule has 0 heterocycles. The number of alkyl halides is 1. The third-order valence-electron chi connectivity index (χ3n) is 1.96. The Hall–Kier alpha value is -0.930. The second-order valence-electron chi connectivity index (χ2n) is 2.83. The number of hydrogen-bond acceptors (Lipinski definition) is 2. The van der Waals surface area contributed by atoms with Gasteiger partial charge in [0.2, 0.25) is 5.91 Å². The molecule has 0 spiro atoms. The van der Waals surface area contributed by atoms with Crippen molar-refractivity contribution in [2.75, 3.05) is 14.2 Å². The van der Waals surface area contributed by atoms with Crippen molar-refractivity contribution in [3.63, 3.8) is 0 Å². The summed E-state index contributed by atoms with van der Waals surface area (Å²) in [5.74, 6) is 0.189. The van der Waals surface area contributed by atoms with Gasteiger partial charge in [0.15, 0.2) is 0 Å². The van der Waals surface area contributed by atoms with Gasteiger partial charge in [0.1, 0.15) is 11.1 Å². The molecule has 0 saturated heterocycles. The lowest BCUT2D eigenvalue weighted by molar-refractivity contribution is -0.120. The van der Waals surface area contributed by atoms with E-state index in [9.17, 15) is 4.79 Å². The second-order valence-corrected chi connectivity index (χ2v) is 3.68. The van der Waals surface area contributed by atoms with Crippen molar-refractivity contribution in [3.8, 4) is 5.75 Å². The van der Waals surface area contributed by atoms with Gasteiger partial charge in [-0.1, -0.05) is 17.7 Å². The first-order valence-electron chi connectivity index (χ1n) is 4.30. The van der Waals surface area contributed by atoms with E-state index in [0.29, 0.717) is 16.3 Å². The van der Waals surface area contributed by atoms with E-state index in [-0.39, 0.29) is 5.91 Å². The topological polar surface area (TPSA) is 38.3 Å². The van der Waals surface area contributed by atoms with Crippen molar-refractivity contribution in [3.05, 3.63) is 28.8 Å². The molecule has 3 nitrogen and oxygen atoms in total. The van der Waals surface area contributed by atoms with Crippen LogP contribution in [-0.2, 0) is 4.79 Å². The molecule has 0 aliphatic heterocycles. The van der Waals surface area contributed by atoms with E-state index in [4.69, 9.17) is 27.9 Å². The molecule has 0 saturated carbocycles. The SMILES string of the molecule is CNC(=O)C(Cl)c1c(Cl)cccc1OC. The Morgan fingerprint density at radius 3 is 2.73 bits per heavy atom. The number of ether oxygens (including phenoxy) is 1. The molecule has 82 valence electrons.